The molecular formula is C15H18O2. The molecule has 0 amide bonds. The van der Waals surface area contributed by atoms with E-state index in [1.807, 2.05) is 0 Å². The van der Waals surface area contributed by atoms with Crippen LogP contribution in [0.3, 0.4) is 0 Å². The van der Waals surface area contributed by atoms with Crippen molar-refractivity contribution in [1.82, 2.24) is 0 Å². The van der Waals surface area contributed by atoms with Gasteiger partial charge in [0.05, 0.1) is 12.7 Å². The average Bonchev–Trinajstić information content (AvgIpc) is 2.33. The first kappa shape index (κ1) is 11.0. The molecule has 1 atom stereocenters. The summed E-state index contributed by atoms with van der Waals surface area (Å²) in [6, 6.07) is 8.61. The number of ketones is 1. The molecule has 0 aromatic heterocycles. The van der Waals surface area contributed by atoms with Crippen molar-refractivity contribution >= 4 is 5.78 Å². The zero-order chi connectivity index (χ0) is 11.7. The first-order valence-electron chi connectivity index (χ1n) is 6.54. The second-order valence-corrected chi connectivity index (χ2v) is 5.17. The Balaban J connectivity index is 1.49. The van der Waals surface area contributed by atoms with E-state index in [-0.39, 0.29) is 0 Å². The van der Waals surface area contributed by atoms with Crippen LogP contribution in [0, 0.1) is 0 Å². The van der Waals surface area contributed by atoms with Crippen LogP contribution in [0.15, 0.2) is 24.3 Å². The number of carbonyl (C=O) groups excluding carboxylic acids is 1. The van der Waals surface area contributed by atoms with Gasteiger partial charge in [0.1, 0.15) is 5.78 Å². The molecule has 3 rings (SSSR count). The summed E-state index contributed by atoms with van der Waals surface area (Å²) >= 11 is 0. The van der Waals surface area contributed by atoms with Crippen molar-refractivity contribution in [2.75, 3.05) is 6.61 Å². The zero-order valence-corrected chi connectivity index (χ0v) is 10.0. The van der Waals surface area contributed by atoms with Crippen LogP contribution >= 0.6 is 0 Å². The van der Waals surface area contributed by atoms with Crippen LogP contribution in [0.4, 0.5) is 0 Å². The third-order valence-corrected chi connectivity index (χ3v) is 3.98. The molecule has 1 aromatic carbocycles. The Bertz CT molecular complexity index is 415. The quantitative estimate of drug-likeness (QED) is 0.798. The van der Waals surface area contributed by atoms with Gasteiger partial charge in [-0.25, -0.2) is 0 Å². The van der Waals surface area contributed by atoms with Crippen LogP contribution in [0.25, 0.3) is 0 Å². The van der Waals surface area contributed by atoms with E-state index in [0.29, 0.717) is 30.6 Å². The van der Waals surface area contributed by atoms with E-state index in [4.69, 9.17) is 4.74 Å². The molecular weight excluding hydrogens is 212 g/mol. The van der Waals surface area contributed by atoms with Crippen molar-refractivity contribution in [2.45, 2.75) is 44.1 Å². The maximum Gasteiger partial charge on any atom is 0.133 e. The highest BCUT2D eigenvalue weighted by molar-refractivity contribution is 5.79. The van der Waals surface area contributed by atoms with Crippen molar-refractivity contribution in [3.05, 3.63) is 35.4 Å². The molecule has 2 aliphatic rings. The Kier molecular flexibility index (Phi) is 2.98. The molecule has 0 saturated heterocycles. The normalized spacial score (nSPS) is 24.2. The van der Waals surface area contributed by atoms with Crippen LogP contribution < -0.4 is 0 Å². The second-order valence-electron chi connectivity index (χ2n) is 5.17. The monoisotopic (exact) mass is 230 g/mol. The second kappa shape index (κ2) is 4.61. The maximum absolute atomic E-state index is 11.1. The van der Waals surface area contributed by atoms with Crippen molar-refractivity contribution < 1.29 is 9.53 Å². The Morgan fingerprint density at radius 3 is 2.71 bits per heavy atom. The predicted molar refractivity (Wildman–Crippen MR) is 66.1 cm³/mol. The smallest absolute Gasteiger partial charge is 0.133 e. The van der Waals surface area contributed by atoms with Crippen LogP contribution in [0.2, 0.25) is 0 Å². The highest BCUT2D eigenvalue weighted by Gasteiger charge is 2.27. The molecule has 1 aromatic rings. The molecule has 0 aliphatic heterocycles. The molecule has 2 heteroatoms. The van der Waals surface area contributed by atoms with Crippen molar-refractivity contribution in [3.63, 3.8) is 0 Å². The Morgan fingerprint density at radius 2 is 1.94 bits per heavy atom. The Morgan fingerprint density at radius 1 is 1.18 bits per heavy atom. The minimum absolute atomic E-state index is 0.320. The van der Waals surface area contributed by atoms with Crippen LogP contribution in [0.1, 0.15) is 42.7 Å². The molecule has 1 unspecified atom stereocenters. The number of Topliss-reactive ketones (excluding diaryl/α,β-unsaturated/α-hetero) is 1. The van der Waals surface area contributed by atoms with Crippen LogP contribution in [0.5, 0.6) is 0 Å². The highest BCUT2D eigenvalue weighted by Crippen LogP contribution is 2.35. The lowest BCUT2D eigenvalue weighted by atomic mass is 9.78. The fourth-order valence-electron chi connectivity index (χ4n) is 2.84. The topological polar surface area (TPSA) is 26.3 Å². The third kappa shape index (κ3) is 2.27. The minimum Gasteiger partial charge on any atom is -0.378 e. The molecule has 2 aliphatic carbocycles. The minimum atomic E-state index is 0.320. The lowest BCUT2D eigenvalue weighted by molar-refractivity contribution is -0.123. The Labute approximate surface area is 102 Å². The van der Waals surface area contributed by atoms with Gasteiger partial charge in [0.2, 0.25) is 0 Å². The molecule has 0 spiro atoms. The van der Waals surface area contributed by atoms with E-state index in [0.717, 1.165) is 25.9 Å². The van der Waals surface area contributed by atoms with Crippen LogP contribution in [-0.2, 0) is 16.0 Å². The molecule has 0 bridgehead atoms. The lowest BCUT2D eigenvalue weighted by Crippen LogP contribution is -2.27. The van der Waals surface area contributed by atoms with Gasteiger partial charge in [-0.1, -0.05) is 24.3 Å². The lowest BCUT2D eigenvalue weighted by Gasteiger charge is -2.32. The number of benzene rings is 1. The third-order valence-electron chi connectivity index (χ3n) is 3.98. The summed E-state index contributed by atoms with van der Waals surface area (Å²) in [7, 11) is 0. The predicted octanol–water partition coefficient (Wildman–Crippen LogP) is 2.85. The van der Waals surface area contributed by atoms with Gasteiger partial charge in [-0.2, -0.15) is 0 Å². The fourth-order valence-corrected chi connectivity index (χ4v) is 2.84. The molecule has 0 heterocycles. The highest BCUT2D eigenvalue weighted by atomic mass is 16.5. The maximum atomic E-state index is 11.1. The summed E-state index contributed by atoms with van der Waals surface area (Å²) in [6.45, 7) is 0.829. The summed E-state index contributed by atoms with van der Waals surface area (Å²) in [5.41, 5.74) is 2.93. The number of hydrogen-bond donors (Lipinski definition) is 0. The molecule has 1 saturated carbocycles. The summed E-state index contributed by atoms with van der Waals surface area (Å²) in [5, 5.41) is 0. The number of fused-ring (bicyclic) bond motifs is 1. The largest absolute Gasteiger partial charge is 0.378 e. The number of hydrogen-bond acceptors (Lipinski definition) is 2. The standard InChI is InChI=1S/C15H18O2/c16-13-5-7-14(8-6-13)17-10-12-9-11-3-1-2-4-15(11)12/h1-4,12,14H,5-10H2. The van der Waals surface area contributed by atoms with E-state index in [1.54, 1.807) is 0 Å². The summed E-state index contributed by atoms with van der Waals surface area (Å²) < 4.78 is 5.94. The van der Waals surface area contributed by atoms with E-state index < -0.39 is 0 Å². The van der Waals surface area contributed by atoms with E-state index in [9.17, 15) is 4.79 Å². The van der Waals surface area contributed by atoms with Gasteiger partial charge < -0.3 is 4.74 Å². The molecule has 1 fully saturated rings. The average molecular weight is 230 g/mol. The van der Waals surface area contributed by atoms with Gasteiger partial charge in [-0.3, -0.25) is 4.79 Å². The number of carbonyl (C=O) groups is 1. The van der Waals surface area contributed by atoms with Gasteiger partial charge in [0.25, 0.3) is 0 Å². The van der Waals surface area contributed by atoms with Crippen LogP contribution in [-0.4, -0.2) is 18.5 Å². The van der Waals surface area contributed by atoms with Gasteiger partial charge in [-0.05, 0) is 30.4 Å². The number of ether oxygens (including phenoxy) is 1. The van der Waals surface area contributed by atoms with E-state index >= 15 is 0 Å². The van der Waals surface area contributed by atoms with Gasteiger partial charge in [0, 0.05) is 18.8 Å². The summed E-state index contributed by atoms with van der Waals surface area (Å²) in [6.07, 6.45) is 4.75. The van der Waals surface area contributed by atoms with Gasteiger partial charge >= 0.3 is 0 Å². The van der Waals surface area contributed by atoms with Gasteiger partial charge in [0.15, 0.2) is 0 Å². The first-order chi connectivity index (χ1) is 8.33. The first-order valence-corrected chi connectivity index (χ1v) is 6.54. The summed E-state index contributed by atoms with van der Waals surface area (Å²) in [5.74, 6) is 0.989. The van der Waals surface area contributed by atoms with Gasteiger partial charge in [-0.15, -0.1) is 0 Å². The molecule has 0 radical (unpaired) electrons. The molecule has 2 nitrogen and oxygen atoms in total. The summed E-state index contributed by atoms with van der Waals surface area (Å²) in [4.78, 5) is 11.1. The molecule has 90 valence electrons. The van der Waals surface area contributed by atoms with Crippen molar-refractivity contribution in [2.24, 2.45) is 0 Å². The SMILES string of the molecule is O=C1CCC(OCC2Cc3ccccc32)CC1. The Hall–Kier alpha value is -1.15. The van der Waals surface area contributed by atoms with Crippen molar-refractivity contribution in [1.29, 1.82) is 0 Å². The van der Waals surface area contributed by atoms with E-state index in [1.165, 1.54) is 11.1 Å². The zero-order valence-electron chi connectivity index (χ0n) is 10.0. The molecule has 17 heavy (non-hydrogen) atoms. The van der Waals surface area contributed by atoms with E-state index in [2.05, 4.69) is 24.3 Å². The number of rotatable bonds is 3. The van der Waals surface area contributed by atoms with Crippen molar-refractivity contribution in [3.8, 4) is 0 Å². The molecule has 0 N–H and O–H groups in total. The fraction of sp³-hybridized carbons (Fsp3) is 0.533.